The number of thioether (sulfide) groups is 1. The third-order valence-corrected chi connectivity index (χ3v) is 4.56. The number of ether oxygens (including phenoxy) is 1. The average Bonchev–Trinajstić information content (AvgIpc) is 3.17. The van der Waals surface area contributed by atoms with Crippen LogP contribution in [-0.2, 0) is 4.79 Å². The summed E-state index contributed by atoms with van der Waals surface area (Å²) < 4.78 is 10.7. The number of nitro benzene ring substituents is 1. The number of methoxy groups -OCH3 is 1. The van der Waals surface area contributed by atoms with Gasteiger partial charge in [-0.3, -0.25) is 14.9 Å². The lowest BCUT2D eigenvalue weighted by atomic mass is 10.2. The van der Waals surface area contributed by atoms with Crippen molar-refractivity contribution in [3.8, 4) is 17.2 Å². The van der Waals surface area contributed by atoms with Crippen molar-refractivity contribution in [2.45, 2.75) is 12.1 Å². The highest BCUT2D eigenvalue weighted by atomic mass is 32.2. The number of rotatable bonds is 7. The average molecular weight is 400 g/mol. The van der Waals surface area contributed by atoms with Gasteiger partial charge in [-0.05, 0) is 36.8 Å². The molecule has 9 nitrogen and oxygen atoms in total. The highest BCUT2D eigenvalue weighted by Gasteiger charge is 2.14. The van der Waals surface area contributed by atoms with Crippen molar-refractivity contribution >= 4 is 29.0 Å². The summed E-state index contributed by atoms with van der Waals surface area (Å²) in [5.41, 5.74) is 1.80. The van der Waals surface area contributed by atoms with Gasteiger partial charge in [0.05, 0.1) is 17.8 Å². The van der Waals surface area contributed by atoms with Crippen molar-refractivity contribution in [2.24, 2.45) is 0 Å². The second kappa shape index (κ2) is 8.53. The number of nitrogens with one attached hydrogen (secondary N) is 1. The van der Waals surface area contributed by atoms with Gasteiger partial charge in [0.2, 0.25) is 11.8 Å². The van der Waals surface area contributed by atoms with E-state index in [1.807, 2.05) is 12.1 Å². The molecule has 0 aliphatic heterocycles. The molecule has 1 N–H and O–H groups in total. The van der Waals surface area contributed by atoms with Gasteiger partial charge in [0.25, 0.3) is 10.9 Å². The van der Waals surface area contributed by atoms with Gasteiger partial charge in [-0.15, -0.1) is 10.2 Å². The molecule has 1 amide bonds. The van der Waals surface area contributed by atoms with Gasteiger partial charge in [0, 0.05) is 23.4 Å². The lowest BCUT2D eigenvalue weighted by molar-refractivity contribution is -0.384. The predicted octanol–water partition coefficient (Wildman–Crippen LogP) is 3.69. The van der Waals surface area contributed by atoms with Crippen LogP contribution in [-0.4, -0.2) is 33.9 Å². The molecule has 0 saturated carbocycles. The summed E-state index contributed by atoms with van der Waals surface area (Å²) >= 11 is 1.10. The van der Waals surface area contributed by atoms with E-state index in [9.17, 15) is 14.9 Å². The fourth-order valence-corrected chi connectivity index (χ4v) is 2.92. The second-order valence-corrected chi connectivity index (χ2v) is 6.62. The number of aromatic nitrogens is 2. The van der Waals surface area contributed by atoms with E-state index in [1.54, 1.807) is 26.2 Å². The van der Waals surface area contributed by atoms with Crippen LogP contribution in [0.15, 0.2) is 52.1 Å². The van der Waals surface area contributed by atoms with Crippen molar-refractivity contribution < 1.29 is 18.9 Å². The van der Waals surface area contributed by atoms with Gasteiger partial charge < -0.3 is 14.5 Å². The normalized spacial score (nSPS) is 10.5. The molecule has 1 heterocycles. The highest BCUT2D eigenvalue weighted by Crippen LogP contribution is 2.26. The van der Waals surface area contributed by atoms with E-state index >= 15 is 0 Å². The number of non-ortho nitro benzene ring substituents is 1. The van der Waals surface area contributed by atoms with Crippen molar-refractivity contribution in [2.75, 3.05) is 18.2 Å². The summed E-state index contributed by atoms with van der Waals surface area (Å²) in [6, 6.07) is 11.4. The Kier molecular flexibility index (Phi) is 5.90. The number of benzene rings is 2. The summed E-state index contributed by atoms with van der Waals surface area (Å²) in [5, 5.41) is 21.6. The van der Waals surface area contributed by atoms with Crippen LogP contribution in [0.4, 0.5) is 11.4 Å². The molecule has 0 radical (unpaired) electrons. The molecule has 3 rings (SSSR count). The topological polar surface area (TPSA) is 120 Å². The van der Waals surface area contributed by atoms with Crippen LogP contribution in [0.25, 0.3) is 11.5 Å². The van der Waals surface area contributed by atoms with Crippen LogP contribution in [0.5, 0.6) is 5.75 Å². The minimum absolute atomic E-state index is 0.0270. The van der Waals surface area contributed by atoms with E-state index in [-0.39, 0.29) is 22.6 Å². The highest BCUT2D eigenvalue weighted by molar-refractivity contribution is 7.99. The standard InChI is InChI=1S/C18H16N4O5S/c1-11-8-13(22(24)25)6-7-15(11)19-16(23)10-28-18-21-20-17(27-18)12-4-3-5-14(9-12)26-2/h3-9H,10H2,1-2H3,(H,19,23). The first-order valence-corrected chi connectivity index (χ1v) is 9.10. The number of hydrogen-bond donors (Lipinski definition) is 1. The van der Waals surface area contributed by atoms with Crippen LogP contribution in [0.3, 0.4) is 0 Å². The van der Waals surface area contributed by atoms with Gasteiger partial charge in [0.1, 0.15) is 5.75 Å². The number of nitro groups is 1. The van der Waals surface area contributed by atoms with Gasteiger partial charge >= 0.3 is 0 Å². The van der Waals surface area contributed by atoms with Crippen molar-refractivity contribution in [3.63, 3.8) is 0 Å². The molecule has 0 atom stereocenters. The number of anilines is 1. The molecule has 0 aliphatic rings. The molecular weight excluding hydrogens is 384 g/mol. The monoisotopic (exact) mass is 400 g/mol. The molecule has 2 aromatic carbocycles. The molecule has 144 valence electrons. The number of amides is 1. The molecule has 0 bridgehead atoms. The van der Waals surface area contributed by atoms with E-state index in [4.69, 9.17) is 9.15 Å². The lowest BCUT2D eigenvalue weighted by Gasteiger charge is -2.07. The molecule has 28 heavy (non-hydrogen) atoms. The largest absolute Gasteiger partial charge is 0.497 e. The number of hydrogen-bond acceptors (Lipinski definition) is 8. The van der Waals surface area contributed by atoms with Crippen molar-refractivity contribution in [3.05, 3.63) is 58.1 Å². The Morgan fingerprint density at radius 3 is 2.82 bits per heavy atom. The number of nitrogens with zero attached hydrogens (tertiary/aromatic N) is 3. The Bertz CT molecular complexity index is 1020. The summed E-state index contributed by atoms with van der Waals surface area (Å²) in [7, 11) is 1.57. The fraction of sp³-hybridized carbons (Fsp3) is 0.167. The maximum atomic E-state index is 12.1. The molecule has 0 aliphatic carbocycles. The Hall–Kier alpha value is -3.40. The third-order valence-electron chi connectivity index (χ3n) is 3.74. The number of carbonyl (C=O) groups excluding carboxylic acids is 1. The maximum Gasteiger partial charge on any atom is 0.277 e. The molecule has 3 aromatic rings. The minimum Gasteiger partial charge on any atom is -0.497 e. The van der Waals surface area contributed by atoms with Crippen LogP contribution >= 0.6 is 11.8 Å². The van der Waals surface area contributed by atoms with Gasteiger partial charge in [-0.1, -0.05) is 17.8 Å². The smallest absolute Gasteiger partial charge is 0.277 e. The van der Waals surface area contributed by atoms with E-state index in [2.05, 4.69) is 15.5 Å². The molecule has 0 fully saturated rings. The quantitative estimate of drug-likeness (QED) is 0.362. The SMILES string of the molecule is COc1cccc(-c2nnc(SCC(=O)Nc3ccc([N+](=O)[O-])cc3C)o2)c1. The zero-order valence-electron chi connectivity index (χ0n) is 15.0. The van der Waals surface area contributed by atoms with Gasteiger partial charge in [-0.2, -0.15) is 0 Å². The molecule has 1 aromatic heterocycles. The lowest BCUT2D eigenvalue weighted by Crippen LogP contribution is -2.14. The zero-order chi connectivity index (χ0) is 20.1. The summed E-state index contributed by atoms with van der Waals surface area (Å²) in [6.07, 6.45) is 0. The minimum atomic E-state index is -0.482. The Labute approximate surface area is 164 Å². The Morgan fingerprint density at radius 1 is 1.29 bits per heavy atom. The van der Waals surface area contributed by atoms with Crippen molar-refractivity contribution in [1.29, 1.82) is 0 Å². The Balaban J connectivity index is 1.59. The van der Waals surface area contributed by atoms with E-state index in [0.717, 1.165) is 11.8 Å². The number of carbonyl (C=O) groups is 1. The first-order chi connectivity index (χ1) is 13.5. The zero-order valence-corrected chi connectivity index (χ0v) is 15.9. The van der Waals surface area contributed by atoms with Crippen LogP contribution in [0.1, 0.15) is 5.56 Å². The summed E-state index contributed by atoms with van der Waals surface area (Å²) in [5.74, 6) is 0.759. The fourth-order valence-electron chi connectivity index (χ4n) is 2.36. The first-order valence-electron chi connectivity index (χ1n) is 8.12. The maximum absolute atomic E-state index is 12.1. The predicted molar refractivity (Wildman–Crippen MR) is 103 cm³/mol. The Morgan fingerprint density at radius 2 is 2.11 bits per heavy atom. The van der Waals surface area contributed by atoms with Crippen LogP contribution in [0.2, 0.25) is 0 Å². The first kappa shape index (κ1) is 19.4. The van der Waals surface area contributed by atoms with Gasteiger partial charge in [0.15, 0.2) is 0 Å². The summed E-state index contributed by atoms with van der Waals surface area (Å²) in [4.78, 5) is 22.4. The van der Waals surface area contributed by atoms with Crippen LogP contribution < -0.4 is 10.1 Å². The molecule has 0 spiro atoms. The van der Waals surface area contributed by atoms with E-state index in [1.165, 1.54) is 18.2 Å². The third kappa shape index (κ3) is 4.65. The second-order valence-electron chi connectivity index (χ2n) is 5.70. The molecule has 0 saturated heterocycles. The summed E-state index contributed by atoms with van der Waals surface area (Å²) in [6.45, 7) is 1.69. The van der Waals surface area contributed by atoms with Crippen molar-refractivity contribution in [1.82, 2.24) is 10.2 Å². The number of aryl methyl sites for hydroxylation is 1. The van der Waals surface area contributed by atoms with Gasteiger partial charge in [-0.25, -0.2) is 0 Å². The van der Waals surface area contributed by atoms with E-state index < -0.39 is 4.92 Å². The molecule has 10 heteroatoms. The van der Waals surface area contributed by atoms with E-state index in [0.29, 0.717) is 28.5 Å². The molecule has 0 unspecified atom stereocenters. The molecular formula is C18H16N4O5S. The van der Waals surface area contributed by atoms with Crippen LogP contribution in [0, 0.1) is 17.0 Å².